The van der Waals surface area contributed by atoms with Crippen molar-refractivity contribution in [3.05, 3.63) is 17.0 Å². The van der Waals surface area contributed by atoms with Crippen LogP contribution in [0.3, 0.4) is 0 Å². The van der Waals surface area contributed by atoms with E-state index in [9.17, 15) is 8.42 Å². The third kappa shape index (κ3) is 3.18. The van der Waals surface area contributed by atoms with Crippen molar-refractivity contribution in [1.29, 1.82) is 0 Å². The minimum Gasteiger partial charge on any atom is -0.391 e. The molecule has 0 bridgehead atoms. The van der Waals surface area contributed by atoms with Crippen LogP contribution in [0.5, 0.6) is 0 Å². The van der Waals surface area contributed by atoms with Crippen LogP contribution in [0.2, 0.25) is 0 Å². The third-order valence-electron chi connectivity index (χ3n) is 3.65. The maximum Gasteiger partial charge on any atom is 0.252 e. The Labute approximate surface area is 119 Å². The lowest BCUT2D eigenvalue weighted by Gasteiger charge is -2.27. The van der Waals surface area contributed by atoms with Gasteiger partial charge in [-0.1, -0.05) is 19.8 Å². The molecule has 1 unspecified atom stereocenters. The zero-order chi connectivity index (χ0) is 13.9. The molecule has 1 aromatic rings. The fourth-order valence-electron chi connectivity index (χ4n) is 2.57. The highest BCUT2D eigenvalue weighted by molar-refractivity contribution is 7.91. The minimum atomic E-state index is -3.40. The monoisotopic (exact) mass is 303 g/mol. The van der Waals surface area contributed by atoms with Crippen molar-refractivity contribution in [3.8, 4) is 0 Å². The quantitative estimate of drug-likeness (QED) is 0.930. The number of thiophene rings is 1. The van der Waals surface area contributed by atoms with Crippen molar-refractivity contribution >= 4 is 21.4 Å². The summed E-state index contributed by atoms with van der Waals surface area (Å²) in [4.78, 5) is 0.696. The van der Waals surface area contributed by atoms with E-state index in [4.69, 9.17) is 5.11 Å². The van der Waals surface area contributed by atoms with Gasteiger partial charge < -0.3 is 5.11 Å². The Bertz CT molecular complexity index is 510. The molecule has 6 heteroatoms. The Hall–Kier alpha value is -0.430. The second-order valence-corrected chi connectivity index (χ2v) is 8.19. The topological polar surface area (TPSA) is 57.6 Å². The predicted molar refractivity (Wildman–Crippen MR) is 76.7 cm³/mol. The summed E-state index contributed by atoms with van der Waals surface area (Å²) in [6, 6.07) is 3.42. The van der Waals surface area contributed by atoms with Gasteiger partial charge >= 0.3 is 0 Å². The SMILES string of the molecule is CCC1CCCCCN1S(=O)(=O)c1ccc(CO)s1. The number of aliphatic hydroxyl groups excluding tert-OH is 1. The van der Waals surface area contributed by atoms with Crippen LogP contribution >= 0.6 is 11.3 Å². The van der Waals surface area contributed by atoms with E-state index in [1.165, 1.54) is 11.3 Å². The molecule has 1 N–H and O–H groups in total. The molecule has 0 radical (unpaired) electrons. The Kier molecular flexibility index (Phi) is 5.00. The van der Waals surface area contributed by atoms with E-state index in [1.54, 1.807) is 16.4 Å². The lowest BCUT2D eigenvalue weighted by Crippen LogP contribution is -2.39. The van der Waals surface area contributed by atoms with Crippen LogP contribution < -0.4 is 0 Å². The van der Waals surface area contributed by atoms with Crippen LogP contribution in [0.25, 0.3) is 0 Å². The Balaban J connectivity index is 2.30. The molecule has 2 heterocycles. The first-order chi connectivity index (χ1) is 9.09. The van der Waals surface area contributed by atoms with Gasteiger partial charge in [-0.15, -0.1) is 11.3 Å². The van der Waals surface area contributed by atoms with Crippen LogP contribution in [0.15, 0.2) is 16.3 Å². The number of hydrogen-bond donors (Lipinski definition) is 1. The average molecular weight is 303 g/mol. The summed E-state index contributed by atoms with van der Waals surface area (Å²) >= 11 is 1.17. The molecule has 0 saturated carbocycles. The van der Waals surface area contributed by atoms with Gasteiger partial charge in [-0.2, -0.15) is 4.31 Å². The summed E-state index contributed by atoms with van der Waals surface area (Å²) in [6.45, 7) is 2.57. The normalized spacial score (nSPS) is 22.3. The van der Waals surface area contributed by atoms with Crippen LogP contribution in [0, 0.1) is 0 Å². The first-order valence-corrected chi connectivity index (χ1v) is 9.06. The molecule has 0 spiro atoms. The zero-order valence-electron chi connectivity index (χ0n) is 11.2. The molecule has 1 aliphatic rings. The van der Waals surface area contributed by atoms with Crippen LogP contribution in [-0.2, 0) is 16.6 Å². The summed E-state index contributed by atoms with van der Waals surface area (Å²) in [7, 11) is -3.40. The molecular weight excluding hydrogens is 282 g/mol. The average Bonchev–Trinajstić information content (AvgIpc) is 2.76. The molecule has 1 atom stereocenters. The largest absolute Gasteiger partial charge is 0.391 e. The number of aliphatic hydroxyl groups is 1. The van der Waals surface area contributed by atoms with Crippen molar-refractivity contribution in [3.63, 3.8) is 0 Å². The molecule has 1 saturated heterocycles. The lowest BCUT2D eigenvalue weighted by atomic mass is 10.1. The number of rotatable bonds is 4. The van der Waals surface area contributed by atoms with E-state index in [-0.39, 0.29) is 12.6 Å². The molecule has 0 amide bonds. The molecule has 1 aromatic heterocycles. The highest BCUT2D eigenvalue weighted by Crippen LogP contribution is 2.30. The highest BCUT2D eigenvalue weighted by Gasteiger charge is 2.32. The van der Waals surface area contributed by atoms with Gasteiger partial charge in [0, 0.05) is 17.5 Å². The smallest absolute Gasteiger partial charge is 0.252 e. The number of nitrogens with zero attached hydrogens (tertiary/aromatic N) is 1. The molecule has 108 valence electrons. The van der Waals surface area contributed by atoms with Crippen molar-refractivity contribution in [2.24, 2.45) is 0 Å². The Morgan fingerprint density at radius 1 is 1.37 bits per heavy atom. The summed E-state index contributed by atoms with van der Waals surface area (Å²) in [5.41, 5.74) is 0. The summed E-state index contributed by atoms with van der Waals surface area (Å²) in [5, 5.41) is 9.07. The molecule has 4 nitrogen and oxygen atoms in total. The Morgan fingerprint density at radius 3 is 2.79 bits per heavy atom. The van der Waals surface area contributed by atoms with Gasteiger partial charge in [0.05, 0.1) is 6.61 Å². The van der Waals surface area contributed by atoms with Gasteiger partial charge in [0.25, 0.3) is 10.0 Å². The number of sulfonamides is 1. The molecule has 1 aliphatic heterocycles. The maximum atomic E-state index is 12.7. The minimum absolute atomic E-state index is 0.0998. The third-order valence-corrected chi connectivity index (χ3v) is 7.14. The second-order valence-electron chi connectivity index (χ2n) is 4.91. The van der Waals surface area contributed by atoms with E-state index >= 15 is 0 Å². The first kappa shape index (κ1) is 15.0. The molecule has 19 heavy (non-hydrogen) atoms. The van der Waals surface area contributed by atoms with E-state index < -0.39 is 10.0 Å². The first-order valence-electron chi connectivity index (χ1n) is 6.81. The number of hydrogen-bond acceptors (Lipinski definition) is 4. The van der Waals surface area contributed by atoms with E-state index in [2.05, 4.69) is 0 Å². The standard InChI is InChI=1S/C13H21NO3S2/c1-2-11-6-4-3-5-9-14(11)19(16,17)13-8-7-12(10-15)18-13/h7-8,11,15H,2-6,9-10H2,1H3. The molecule has 2 rings (SSSR count). The maximum absolute atomic E-state index is 12.7. The van der Waals surface area contributed by atoms with Crippen molar-refractivity contribution < 1.29 is 13.5 Å². The van der Waals surface area contributed by atoms with Gasteiger partial charge in [0.1, 0.15) is 4.21 Å². The highest BCUT2D eigenvalue weighted by atomic mass is 32.2. The van der Waals surface area contributed by atoms with Crippen LogP contribution in [0.1, 0.15) is 43.9 Å². The Morgan fingerprint density at radius 2 is 2.16 bits per heavy atom. The van der Waals surface area contributed by atoms with Crippen LogP contribution in [0.4, 0.5) is 0 Å². The second kappa shape index (κ2) is 6.35. The van der Waals surface area contributed by atoms with Gasteiger partial charge in [-0.3, -0.25) is 0 Å². The summed E-state index contributed by atoms with van der Waals surface area (Å²) in [5.74, 6) is 0. The molecular formula is C13H21NO3S2. The van der Waals surface area contributed by atoms with Gasteiger partial charge in [0.2, 0.25) is 0 Å². The van der Waals surface area contributed by atoms with Gasteiger partial charge in [-0.05, 0) is 31.4 Å². The summed E-state index contributed by atoms with van der Waals surface area (Å²) < 4.78 is 27.4. The lowest BCUT2D eigenvalue weighted by molar-refractivity contribution is 0.285. The van der Waals surface area contributed by atoms with E-state index in [1.807, 2.05) is 6.92 Å². The van der Waals surface area contributed by atoms with Gasteiger partial charge in [-0.25, -0.2) is 8.42 Å². The zero-order valence-corrected chi connectivity index (χ0v) is 12.8. The predicted octanol–water partition coefficient (Wildman–Crippen LogP) is 2.58. The van der Waals surface area contributed by atoms with Gasteiger partial charge in [0.15, 0.2) is 0 Å². The van der Waals surface area contributed by atoms with Crippen molar-refractivity contribution in [2.45, 2.75) is 55.9 Å². The fraction of sp³-hybridized carbons (Fsp3) is 0.692. The van der Waals surface area contributed by atoms with Crippen LogP contribution in [-0.4, -0.2) is 30.4 Å². The van der Waals surface area contributed by atoms with E-state index in [0.29, 0.717) is 15.6 Å². The van der Waals surface area contributed by atoms with Crippen molar-refractivity contribution in [1.82, 2.24) is 4.31 Å². The van der Waals surface area contributed by atoms with Crippen molar-refractivity contribution in [2.75, 3.05) is 6.54 Å². The summed E-state index contributed by atoms with van der Waals surface area (Å²) in [6.07, 6.45) is 4.96. The molecule has 1 fully saturated rings. The molecule has 0 aliphatic carbocycles. The van der Waals surface area contributed by atoms with E-state index in [0.717, 1.165) is 32.1 Å². The fourth-order valence-corrected chi connectivity index (χ4v) is 5.68. The molecule has 0 aromatic carbocycles.